The summed E-state index contributed by atoms with van der Waals surface area (Å²) in [7, 11) is 2.13. The Bertz CT molecular complexity index is 1520. The molecule has 8 heteroatoms. The van der Waals surface area contributed by atoms with E-state index in [-0.39, 0.29) is 17.4 Å². The highest BCUT2D eigenvalue weighted by Gasteiger charge is 2.50. The summed E-state index contributed by atoms with van der Waals surface area (Å²) in [5, 5.41) is 9.96. The van der Waals surface area contributed by atoms with Crippen molar-refractivity contribution in [1.29, 1.82) is 0 Å². The summed E-state index contributed by atoms with van der Waals surface area (Å²) in [6, 6.07) is 16.2. The fourth-order valence-electron chi connectivity index (χ4n) is 5.90. The number of carbonyl (C=O) groups is 1. The predicted octanol–water partition coefficient (Wildman–Crippen LogP) is 4.16. The molecule has 1 N–H and O–H groups in total. The molecule has 0 saturated carbocycles. The van der Waals surface area contributed by atoms with E-state index < -0.39 is 0 Å². The Morgan fingerprint density at radius 1 is 1.08 bits per heavy atom. The number of aromatic amines is 1. The number of H-pyrrole nitrogens is 1. The molecular formula is C30H31N5O3. The molecule has 1 spiro atoms. The summed E-state index contributed by atoms with van der Waals surface area (Å²) in [6.45, 7) is 7.22. The van der Waals surface area contributed by atoms with Crippen LogP contribution in [0.3, 0.4) is 0 Å². The van der Waals surface area contributed by atoms with Gasteiger partial charge in [0.2, 0.25) is 0 Å². The van der Waals surface area contributed by atoms with Gasteiger partial charge in [0.1, 0.15) is 11.9 Å². The first-order valence-corrected chi connectivity index (χ1v) is 13.2. The zero-order valence-corrected chi connectivity index (χ0v) is 21.7. The Hall–Kier alpha value is -3.75. The monoisotopic (exact) mass is 509 g/mol. The Labute approximate surface area is 221 Å². The van der Waals surface area contributed by atoms with Gasteiger partial charge in [-0.15, -0.1) is 10.2 Å². The molecule has 1 amide bonds. The van der Waals surface area contributed by atoms with Gasteiger partial charge in [-0.25, -0.2) is 0 Å². The van der Waals surface area contributed by atoms with Crippen molar-refractivity contribution in [2.24, 2.45) is 5.41 Å². The minimum absolute atomic E-state index is 0.0860. The second-order valence-electron chi connectivity index (χ2n) is 11.3. The number of fused-ring (bicyclic) bond motifs is 1. The van der Waals surface area contributed by atoms with Gasteiger partial charge < -0.3 is 24.3 Å². The van der Waals surface area contributed by atoms with Gasteiger partial charge in [0.25, 0.3) is 5.91 Å². The predicted molar refractivity (Wildman–Crippen MR) is 145 cm³/mol. The molecule has 0 aliphatic carbocycles. The van der Waals surface area contributed by atoms with Crippen molar-refractivity contribution in [1.82, 2.24) is 25.0 Å². The number of carbonyl (C=O) groups excluding carboxylic acids is 1. The summed E-state index contributed by atoms with van der Waals surface area (Å²) < 4.78 is 11.6. The van der Waals surface area contributed by atoms with Crippen LogP contribution >= 0.6 is 0 Å². The Balaban J connectivity index is 1.14. The van der Waals surface area contributed by atoms with Crippen LogP contribution in [0.25, 0.3) is 33.4 Å². The van der Waals surface area contributed by atoms with E-state index in [1.54, 1.807) is 0 Å². The first-order valence-electron chi connectivity index (χ1n) is 13.2. The number of ether oxygens (including phenoxy) is 2. The number of likely N-dealkylation sites (N-methyl/N-ethyl adjacent to an activating group) is 1. The van der Waals surface area contributed by atoms with Crippen molar-refractivity contribution >= 4 is 16.9 Å². The van der Waals surface area contributed by atoms with Crippen LogP contribution in [0.5, 0.6) is 5.75 Å². The first-order chi connectivity index (χ1) is 18.4. The second kappa shape index (κ2) is 8.92. The van der Waals surface area contributed by atoms with Crippen LogP contribution in [0.4, 0.5) is 0 Å². The third-order valence-electron chi connectivity index (χ3n) is 8.03. The summed E-state index contributed by atoms with van der Waals surface area (Å²) >= 11 is 0. The molecule has 2 aromatic heterocycles. The maximum Gasteiger partial charge on any atom is 0.253 e. The lowest BCUT2D eigenvalue weighted by molar-refractivity contribution is -0.176. The number of nitrogens with one attached hydrogen (secondary N) is 1. The molecule has 3 aliphatic heterocycles. The van der Waals surface area contributed by atoms with Gasteiger partial charge in [-0.3, -0.25) is 4.79 Å². The van der Waals surface area contributed by atoms with Crippen molar-refractivity contribution in [2.75, 3.05) is 46.4 Å². The van der Waals surface area contributed by atoms with Crippen LogP contribution in [0, 0.1) is 12.3 Å². The van der Waals surface area contributed by atoms with Crippen LogP contribution in [0.2, 0.25) is 0 Å². The number of nitrogens with zero attached hydrogens (tertiary/aromatic N) is 4. The number of rotatable bonds is 5. The van der Waals surface area contributed by atoms with E-state index in [0.717, 1.165) is 90.5 Å². The van der Waals surface area contributed by atoms with E-state index in [1.807, 2.05) is 35.4 Å². The summed E-state index contributed by atoms with van der Waals surface area (Å²) in [4.78, 5) is 20.3. The van der Waals surface area contributed by atoms with E-state index in [9.17, 15) is 4.79 Å². The van der Waals surface area contributed by atoms with Crippen LogP contribution in [-0.4, -0.2) is 83.4 Å². The average molecular weight is 510 g/mol. The van der Waals surface area contributed by atoms with Gasteiger partial charge in [0.05, 0.1) is 24.3 Å². The van der Waals surface area contributed by atoms with Gasteiger partial charge in [-0.2, -0.15) is 0 Å². The lowest BCUT2D eigenvalue weighted by Crippen LogP contribution is -2.67. The highest BCUT2D eigenvalue weighted by Crippen LogP contribution is 2.38. The third kappa shape index (κ3) is 4.14. The van der Waals surface area contributed by atoms with Gasteiger partial charge in [-0.05, 0) is 67.9 Å². The second-order valence-corrected chi connectivity index (χ2v) is 11.3. The van der Waals surface area contributed by atoms with Crippen LogP contribution in [0.15, 0.2) is 54.7 Å². The molecule has 8 nitrogen and oxygen atoms in total. The quantitative estimate of drug-likeness (QED) is 0.435. The maximum absolute atomic E-state index is 12.9. The Morgan fingerprint density at radius 2 is 1.89 bits per heavy atom. The number of hydrogen-bond acceptors (Lipinski definition) is 6. The normalized spacial score (nSPS) is 20.5. The smallest absolute Gasteiger partial charge is 0.253 e. The van der Waals surface area contributed by atoms with Crippen LogP contribution in [-0.2, 0) is 4.74 Å². The molecule has 3 saturated heterocycles. The van der Waals surface area contributed by atoms with Crippen molar-refractivity contribution in [3.05, 3.63) is 65.9 Å². The summed E-state index contributed by atoms with van der Waals surface area (Å²) in [5.74, 6) is 0.956. The topological polar surface area (TPSA) is 83.6 Å². The van der Waals surface area contributed by atoms with E-state index >= 15 is 0 Å². The fraction of sp³-hybridized carbons (Fsp3) is 0.367. The zero-order valence-electron chi connectivity index (χ0n) is 21.7. The third-order valence-corrected chi connectivity index (χ3v) is 8.03. The largest absolute Gasteiger partial charge is 0.489 e. The summed E-state index contributed by atoms with van der Waals surface area (Å²) in [5.41, 5.74) is 6.63. The minimum Gasteiger partial charge on any atom is -0.489 e. The summed E-state index contributed by atoms with van der Waals surface area (Å²) in [6.07, 6.45) is 3.21. The number of likely N-dealkylation sites (tertiary alicyclic amines) is 2. The van der Waals surface area contributed by atoms with Crippen molar-refractivity contribution in [2.45, 2.75) is 19.4 Å². The first kappa shape index (κ1) is 23.4. The van der Waals surface area contributed by atoms with Crippen molar-refractivity contribution < 1.29 is 14.3 Å². The SMILES string of the molecule is Cc1cc(OC2CCN(C)C2)cc(-c2cc3c(-c4ccc(C(=O)N5CC6(COC6)C5)cc4)c[nH]c3nn2)c1. The highest BCUT2D eigenvalue weighted by molar-refractivity contribution is 5.98. The van der Waals surface area contributed by atoms with E-state index in [2.05, 4.69) is 58.3 Å². The van der Waals surface area contributed by atoms with Gasteiger partial charge in [0.15, 0.2) is 5.65 Å². The van der Waals surface area contributed by atoms with E-state index in [4.69, 9.17) is 9.47 Å². The van der Waals surface area contributed by atoms with Crippen molar-refractivity contribution in [3.8, 4) is 28.1 Å². The lowest BCUT2D eigenvalue weighted by atomic mass is 9.78. The Kier molecular flexibility index (Phi) is 5.49. The number of hydrogen-bond donors (Lipinski definition) is 1. The molecule has 1 atom stereocenters. The lowest BCUT2D eigenvalue weighted by Gasteiger charge is -2.54. The van der Waals surface area contributed by atoms with E-state index in [1.165, 1.54) is 0 Å². The molecular weight excluding hydrogens is 478 g/mol. The average Bonchev–Trinajstić information content (AvgIpc) is 3.47. The number of aromatic nitrogens is 3. The van der Waals surface area contributed by atoms with Crippen molar-refractivity contribution in [3.63, 3.8) is 0 Å². The minimum atomic E-state index is 0.0860. The molecule has 3 aliphatic rings. The fourth-order valence-corrected chi connectivity index (χ4v) is 5.90. The maximum atomic E-state index is 12.9. The molecule has 7 rings (SSSR count). The molecule has 5 heterocycles. The van der Waals surface area contributed by atoms with Gasteiger partial charge in [0, 0.05) is 54.5 Å². The Morgan fingerprint density at radius 3 is 2.61 bits per heavy atom. The van der Waals surface area contributed by atoms with Gasteiger partial charge in [-0.1, -0.05) is 12.1 Å². The molecule has 2 aromatic carbocycles. The molecule has 0 radical (unpaired) electrons. The molecule has 194 valence electrons. The van der Waals surface area contributed by atoms with E-state index in [0.29, 0.717) is 5.56 Å². The van der Waals surface area contributed by atoms with Crippen LogP contribution < -0.4 is 4.74 Å². The zero-order chi connectivity index (χ0) is 25.9. The number of aryl methyl sites for hydroxylation is 1. The molecule has 4 aromatic rings. The molecule has 3 fully saturated rings. The van der Waals surface area contributed by atoms with Gasteiger partial charge >= 0.3 is 0 Å². The standard InChI is InChI=1S/C30H31N5O3/c1-19-9-22(11-24(10-19)38-23-7-8-34(2)14-23)27-12-25-26(13-31-28(25)33-32-27)20-3-5-21(6-4-20)29(36)35-15-30(16-35)17-37-18-30/h3-6,9-13,23H,7-8,14-18H2,1-2H3,(H,31,33). The molecule has 0 bridgehead atoms. The molecule has 38 heavy (non-hydrogen) atoms. The molecule has 1 unspecified atom stereocenters. The highest BCUT2D eigenvalue weighted by atomic mass is 16.5. The number of benzene rings is 2. The number of amides is 1. The van der Waals surface area contributed by atoms with Crippen LogP contribution in [0.1, 0.15) is 22.3 Å².